The van der Waals surface area contributed by atoms with Crippen LogP contribution < -0.4 is 9.64 Å². The number of aryl methyl sites for hydroxylation is 1. The third-order valence-corrected chi connectivity index (χ3v) is 5.13. The molecule has 0 bridgehead atoms. The van der Waals surface area contributed by atoms with Crippen molar-refractivity contribution in [1.29, 1.82) is 0 Å². The van der Waals surface area contributed by atoms with Gasteiger partial charge in [0.2, 0.25) is 0 Å². The number of carbonyl (C=O) groups is 1. The lowest BCUT2D eigenvalue weighted by Gasteiger charge is -2.36. The highest BCUT2D eigenvalue weighted by Gasteiger charge is 2.27. The summed E-state index contributed by atoms with van der Waals surface area (Å²) < 4.78 is 7.39. The lowest BCUT2D eigenvalue weighted by Crippen LogP contribution is -2.49. The lowest BCUT2D eigenvalue weighted by atomic mass is 10.2. The molecule has 0 aliphatic carbocycles. The van der Waals surface area contributed by atoms with Crippen LogP contribution in [0.15, 0.2) is 48.7 Å². The van der Waals surface area contributed by atoms with Crippen LogP contribution in [0.4, 0.5) is 5.69 Å². The third-order valence-electron chi connectivity index (χ3n) is 5.13. The fourth-order valence-electron chi connectivity index (χ4n) is 3.71. The highest BCUT2D eigenvalue weighted by molar-refractivity contribution is 5.95. The Morgan fingerprint density at radius 2 is 1.81 bits per heavy atom. The van der Waals surface area contributed by atoms with Gasteiger partial charge >= 0.3 is 0 Å². The summed E-state index contributed by atoms with van der Waals surface area (Å²) >= 11 is 0. The molecule has 1 aromatic carbocycles. The number of para-hydroxylation sites is 2. The van der Waals surface area contributed by atoms with Crippen LogP contribution >= 0.6 is 0 Å². The molecule has 6 heteroatoms. The maximum atomic E-state index is 13.2. The van der Waals surface area contributed by atoms with Crippen LogP contribution in [-0.2, 0) is 6.42 Å². The summed E-state index contributed by atoms with van der Waals surface area (Å²) in [6.07, 6.45) is 2.66. The quantitative estimate of drug-likeness (QED) is 0.714. The zero-order chi connectivity index (χ0) is 18.8. The number of imidazole rings is 1. The molecule has 1 aliphatic rings. The second kappa shape index (κ2) is 7.31. The summed E-state index contributed by atoms with van der Waals surface area (Å²) in [5.41, 5.74) is 3.46. The standard InChI is InChI=1S/C21H24N4O2/c1-3-16-20(25-11-7-6-10-19(25)22-16)21(26)24-14-12-23(13-15-24)17-8-4-5-9-18(17)27-2/h4-11H,3,12-15H2,1-2H3. The molecule has 0 atom stereocenters. The number of nitrogens with zero attached hydrogens (tertiary/aromatic N) is 4. The Kier molecular flexibility index (Phi) is 4.71. The molecule has 0 N–H and O–H groups in total. The van der Waals surface area contributed by atoms with Crippen molar-refractivity contribution in [2.45, 2.75) is 13.3 Å². The van der Waals surface area contributed by atoms with Crippen LogP contribution in [0.2, 0.25) is 0 Å². The molecular formula is C21H24N4O2. The molecule has 0 unspecified atom stereocenters. The first-order chi connectivity index (χ1) is 13.2. The van der Waals surface area contributed by atoms with E-state index in [9.17, 15) is 4.79 Å². The predicted octanol–water partition coefficient (Wildman–Crippen LogP) is 2.87. The van der Waals surface area contributed by atoms with Gasteiger partial charge in [-0.25, -0.2) is 4.98 Å². The zero-order valence-electron chi connectivity index (χ0n) is 15.8. The SMILES string of the molecule is CCc1nc2ccccn2c1C(=O)N1CCN(c2ccccc2OC)CC1. The number of fused-ring (bicyclic) bond motifs is 1. The van der Waals surface area contributed by atoms with Crippen LogP contribution in [0.3, 0.4) is 0 Å². The van der Waals surface area contributed by atoms with Gasteiger partial charge in [-0.3, -0.25) is 9.20 Å². The zero-order valence-corrected chi connectivity index (χ0v) is 15.8. The molecule has 0 saturated carbocycles. The molecule has 0 radical (unpaired) electrons. The third kappa shape index (κ3) is 3.12. The molecular weight excluding hydrogens is 340 g/mol. The number of benzene rings is 1. The number of amides is 1. The topological polar surface area (TPSA) is 50.1 Å². The van der Waals surface area contributed by atoms with E-state index in [1.165, 1.54) is 0 Å². The highest BCUT2D eigenvalue weighted by Crippen LogP contribution is 2.28. The van der Waals surface area contributed by atoms with E-state index in [4.69, 9.17) is 4.74 Å². The Morgan fingerprint density at radius 3 is 2.56 bits per heavy atom. The maximum Gasteiger partial charge on any atom is 0.272 e. The van der Waals surface area contributed by atoms with Crippen molar-refractivity contribution >= 4 is 17.2 Å². The van der Waals surface area contributed by atoms with E-state index >= 15 is 0 Å². The number of methoxy groups -OCH3 is 1. The van der Waals surface area contributed by atoms with Crippen molar-refractivity contribution in [2.75, 3.05) is 38.2 Å². The fourth-order valence-corrected chi connectivity index (χ4v) is 3.71. The summed E-state index contributed by atoms with van der Waals surface area (Å²) in [5.74, 6) is 0.928. The molecule has 4 rings (SSSR count). The number of aromatic nitrogens is 2. The average Bonchev–Trinajstić information content (AvgIpc) is 3.12. The molecule has 1 fully saturated rings. The second-order valence-electron chi connectivity index (χ2n) is 6.64. The van der Waals surface area contributed by atoms with E-state index in [1.54, 1.807) is 7.11 Å². The second-order valence-corrected chi connectivity index (χ2v) is 6.64. The Hall–Kier alpha value is -3.02. The van der Waals surface area contributed by atoms with E-state index in [1.807, 2.05) is 58.8 Å². The minimum atomic E-state index is 0.0604. The van der Waals surface area contributed by atoms with Crippen LogP contribution in [0.5, 0.6) is 5.75 Å². The predicted molar refractivity (Wildman–Crippen MR) is 106 cm³/mol. The van der Waals surface area contributed by atoms with Gasteiger partial charge in [-0.2, -0.15) is 0 Å². The first kappa shape index (κ1) is 17.4. The van der Waals surface area contributed by atoms with E-state index in [0.29, 0.717) is 18.8 Å². The number of carbonyl (C=O) groups excluding carboxylic acids is 1. The molecule has 0 spiro atoms. The van der Waals surface area contributed by atoms with Crippen LogP contribution in [0.25, 0.3) is 5.65 Å². The number of rotatable bonds is 4. The smallest absolute Gasteiger partial charge is 0.272 e. The van der Waals surface area contributed by atoms with Crippen LogP contribution in [-0.4, -0.2) is 53.5 Å². The summed E-state index contributed by atoms with van der Waals surface area (Å²) in [6.45, 7) is 4.97. The van der Waals surface area contributed by atoms with Crippen molar-refractivity contribution in [2.24, 2.45) is 0 Å². The van der Waals surface area contributed by atoms with Gasteiger partial charge in [0.1, 0.15) is 17.1 Å². The summed E-state index contributed by atoms with van der Waals surface area (Å²) in [5, 5.41) is 0. The van der Waals surface area contributed by atoms with E-state index in [2.05, 4.69) is 16.0 Å². The Balaban J connectivity index is 1.54. The van der Waals surface area contributed by atoms with Crippen molar-refractivity contribution in [3.05, 3.63) is 60.0 Å². The van der Waals surface area contributed by atoms with Gasteiger partial charge < -0.3 is 14.5 Å². The molecule has 3 aromatic rings. The number of anilines is 1. The average molecular weight is 364 g/mol. The lowest BCUT2D eigenvalue weighted by molar-refractivity contribution is 0.0738. The fraction of sp³-hybridized carbons (Fsp3) is 0.333. The first-order valence-electron chi connectivity index (χ1n) is 9.36. The van der Waals surface area contributed by atoms with Crippen molar-refractivity contribution in [1.82, 2.24) is 14.3 Å². The number of hydrogen-bond acceptors (Lipinski definition) is 4. The van der Waals surface area contributed by atoms with E-state index < -0.39 is 0 Å². The van der Waals surface area contributed by atoms with Gasteiger partial charge in [0.25, 0.3) is 5.91 Å². The highest BCUT2D eigenvalue weighted by atomic mass is 16.5. The minimum absolute atomic E-state index is 0.0604. The molecule has 1 amide bonds. The monoisotopic (exact) mass is 364 g/mol. The molecule has 1 aliphatic heterocycles. The number of pyridine rings is 1. The normalized spacial score (nSPS) is 14.6. The van der Waals surface area contributed by atoms with E-state index in [-0.39, 0.29) is 5.91 Å². The minimum Gasteiger partial charge on any atom is -0.495 e. The van der Waals surface area contributed by atoms with Gasteiger partial charge in [0, 0.05) is 32.4 Å². The van der Waals surface area contributed by atoms with Crippen LogP contribution in [0, 0.1) is 0 Å². The summed E-state index contributed by atoms with van der Waals surface area (Å²) in [7, 11) is 1.69. The molecule has 2 aromatic heterocycles. The Morgan fingerprint density at radius 1 is 1.07 bits per heavy atom. The van der Waals surface area contributed by atoms with Gasteiger partial charge in [0.05, 0.1) is 18.5 Å². The largest absolute Gasteiger partial charge is 0.495 e. The maximum absolute atomic E-state index is 13.2. The van der Waals surface area contributed by atoms with Gasteiger partial charge in [0.15, 0.2) is 0 Å². The van der Waals surface area contributed by atoms with E-state index in [0.717, 1.165) is 42.3 Å². The van der Waals surface area contributed by atoms with Crippen molar-refractivity contribution in [3.63, 3.8) is 0 Å². The molecule has 6 nitrogen and oxygen atoms in total. The van der Waals surface area contributed by atoms with Crippen molar-refractivity contribution < 1.29 is 9.53 Å². The Labute approximate surface area is 159 Å². The summed E-state index contributed by atoms with van der Waals surface area (Å²) in [6, 6.07) is 13.8. The first-order valence-corrected chi connectivity index (χ1v) is 9.36. The molecule has 3 heterocycles. The van der Waals surface area contributed by atoms with Gasteiger partial charge in [-0.1, -0.05) is 25.1 Å². The molecule has 27 heavy (non-hydrogen) atoms. The van der Waals surface area contributed by atoms with Crippen molar-refractivity contribution in [3.8, 4) is 5.75 Å². The summed E-state index contributed by atoms with van der Waals surface area (Å²) in [4.78, 5) is 22.1. The van der Waals surface area contributed by atoms with Crippen LogP contribution in [0.1, 0.15) is 23.1 Å². The Bertz CT molecular complexity index is 958. The van der Waals surface area contributed by atoms with Gasteiger partial charge in [-0.15, -0.1) is 0 Å². The number of piperazine rings is 1. The molecule has 140 valence electrons. The number of ether oxygens (including phenoxy) is 1. The molecule has 1 saturated heterocycles. The van der Waals surface area contributed by atoms with Gasteiger partial charge in [-0.05, 0) is 30.7 Å². The number of hydrogen-bond donors (Lipinski definition) is 0.